The lowest BCUT2D eigenvalue weighted by Gasteiger charge is -2.32. The van der Waals surface area contributed by atoms with Crippen LogP contribution < -0.4 is 9.64 Å². The topological polar surface area (TPSA) is 47.4 Å². The van der Waals surface area contributed by atoms with E-state index in [0.717, 1.165) is 6.07 Å². The lowest BCUT2D eigenvalue weighted by Crippen LogP contribution is -2.43. The monoisotopic (exact) mass is 505 g/mol. The van der Waals surface area contributed by atoms with Gasteiger partial charge in [0.15, 0.2) is 0 Å². The third kappa shape index (κ3) is 4.00. The maximum atomic E-state index is 12.7. The minimum atomic E-state index is -4.83. The summed E-state index contributed by atoms with van der Waals surface area (Å²) in [7, 11) is 0. The molecule has 0 aliphatic carbocycles. The molecule has 1 aromatic carbocycles. The molecule has 136 valence electrons. The maximum Gasteiger partial charge on any atom is 0.573 e. The third-order valence-electron chi connectivity index (χ3n) is 3.52. The van der Waals surface area contributed by atoms with Crippen molar-refractivity contribution >= 4 is 59.3 Å². The average molecular weight is 506 g/mol. The van der Waals surface area contributed by atoms with Gasteiger partial charge in [-0.3, -0.25) is 9.48 Å². The van der Waals surface area contributed by atoms with Crippen molar-refractivity contribution in [1.82, 2.24) is 9.78 Å². The van der Waals surface area contributed by atoms with Crippen LogP contribution >= 0.6 is 47.7 Å². The Morgan fingerprint density at radius 3 is 2.68 bits per heavy atom. The molecule has 0 spiro atoms. The molecule has 0 saturated heterocycles. The number of carbonyl (C=O) groups is 1. The molecule has 1 aromatic heterocycles. The summed E-state index contributed by atoms with van der Waals surface area (Å²) in [5.41, 5.74) is 0.843. The first-order chi connectivity index (χ1) is 11.2. The molecule has 0 saturated carbocycles. The molecule has 2 heterocycles. The Kier molecular flexibility index (Phi) is 5.84. The number of rotatable bonds is 2. The van der Waals surface area contributed by atoms with Crippen LogP contribution in [0.15, 0.2) is 24.4 Å². The van der Waals surface area contributed by atoms with Crippen molar-refractivity contribution in [2.75, 3.05) is 11.4 Å². The second kappa shape index (κ2) is 7.23. The summed E-state index contributed by atoms with van der Waals surface area (Å²) in [5.74, 6) is -0.791. The number of halogens is 5. The van der Waals surface area contributed by atoms with Gasteiger partial charge in [-0.05, 0) is 47.7 Å². The van der Waals surface area contributed by atoms with E-state index in [1.807, 2.05) is 29.5 Å². The Morgan fingerprint density at radius 2 is 2.08 bits per heavy atom. The second-order valence-corrected chi connectivity index (χ2v) is 6.78. The van der Waals surface area contributed by atoms with E-state index in [-0.39, 0.29) is 30.5 Å². The van der Waals surface area contributed by atoms with E-state index in [9.17, 15) is 18.0 Å². The number of ether oxygens (including phenoxy) is 1. The van der Waals surface area contributed by atoms with Crippen LogP contribution in [0.25, 0.3) is 0 Å². The van der Waals surface area contributed by atoms with Gasteiger partial charge in [-0.1, -0.05) is 11.6 Å². The highest BCUT2D eigenvalue weighted by Crippen LogP contribution is 2.35. The molecule has 25 heavy (non-hydrogen) atoms. The number of amides is 1. The van der Waals surface area contributed by atoms with Gasteiger partial charge in [-0.15, -0.1) is 13.2 Å². The largest absolute Gasteiger partial charge is 0.573 e. The SMILES string of the molecule is C[C@H]1CN(c2ccc(OC(F)(F)F)c(Cl)c2)C(=O)c2c(I)cnn21.S. The van der Waals surface area contributed by atoms with Gasteiger partial charge in [0.25, 0.3) is 5.91 Å². The summed E-state index contributed by atoms with van der Waals surface area (Å²) >= 11 is 7.88. The first-order valence-corrected chi connectivity index (χ1v) is 8.23. The molecule has 11 heteroatoms. The summed E-state index contributed by atoms with van der Waals surface area (Å²) in [5, 5.41) is 3.96. The minimum Gasteiger partial charge on any atom is -0.404 e. The molecule has 0 unspecified atom stereocenters. The number of anilines is 1. The van der Waals surface area contributed by atoms with E-state index < -0.39 is 12.1 Å². The molecule has 1 aliphatic rings. The standard InChI is InChI=1S/C14H10ClF3IN3O2.H2S/c1-7-6-21(13(23)12-10(19)5-20-22(7)12)8-2-3-11(9(15)4-8)24-14(16,17)18;/h2-5,7H,6H2,1H3;1H2/t7-;/m0./s1. The smallest absolute Gasteiger partial charge is 0.404 e. The highest BCUT2D eigenvalue weighted by atomic mass is 127. The van der Waals surface area contributed by atoms with Gasteiger partial charge in [-0.25, -0.2) is 0 Å². The maximum absolute atomic E-state index is 12.7. The summed E-state index contributed by atoms with van der Waals surface area (Å²) in [6, 6.07) is 3.67. The summed E-state index contributed by atoms with van der Waals surface area (Å²) in [6.45, 7) is 2.23. The van der Waals surface area contributed by atoms with E-state index in [1.165, 1.54) is 17.0 Å². The average Bonchev–Trinajstić information content (AvgIpc) is 2.86. The van der Waals surface area contributed by atoms with Crippen LogP contribution in [0.1, 0.15) is 23.5 Å². The Hall–Kier alpha value is -1.14. The van der Waals surface area contributed by atoms with Crippen molar-refractivity contribution in [3.8, 4) is 5.75 Å². The summed E-state index contributed by atoms with van der Waals surface area (Å²) in [4.78, 5) is 14.1. The van der Waals surface area contributed by atoms with Gasteiger partial charge >= 0.3 is 6.36 Å². The van der Waals surface area contributed by atoms with Gasteiger partial charge < -0.3 is 9.64 Å². The van der Waals surface area contributed by atoms with Crippen LogP contribution in [0.3, 0.4) is 0 Å². The zero-order chi connectivity index (χ0) is 17.6. The van der Waals surface area contributed by atoms with E-state index in [4.69, 9.17) is 11.6 Å². The fraction of sp³-hybridized carbons (Fsp3) is 0.286. The fourth-order valence-corrected chi connectivity index (χ4v) is 3.33. The summed E-state index contributed by atoms with van der Waals surface area (Å²) < 4.78 is 43.1. The predicted molar refractivity (Wildman–Crippen MR) is 99.8 cm³/mol. The Balaban J connectivity index is 0.00000225. The van der Waals surface area contributed by atoms with Crippen LogP contribution in [-0.2, 0) is 0 Å². The van der Waals surface area contributed by atoms with Gasteiger partial charge in [0.2, 0.25) is 0 Å². The Morgan fingerprint density at radius 1 is 1.40 bits per heavy atom. The van der Waals surface area contributed by atoms with Crippen LogP contribution in [-0.4, -0.2) is 28.6 Å². The Labute approximate surface area is 166 Å². The Bertz CT molecular complexity index is 815. The number of alkyl halides is 3. The third-order valence-corrected chi connectivity index (χ3v) is 4.60. The first-order valence-electron chi connectivity index (χ1n) is 6.77. The van der Waals surface area contributed by atoms with Crippen LogP contribution in [0.2, 0.25) is 5.02 Å². The van der Waals surface area contributed by atoms with Crippen molar-refractivity contribution < 1.29 is 22.7 Å². The van der Waals surface area contributed by atoms with Crippen LogP contribution in [0.4, 0.5) is 18.9 Å². The normalized spacial score (nSPS) is 17.1. The van der Waals surface area contributed by atoms with Crippen molar-refractivity contribution in [2.24, 2.45) is 0 Å². The molecule has 1 amide bonds. The molecule has 3 rings (SSSR count). The highest BCUT2D eigenvalue weighted by Gasteiger charge is 2.34. The summed E-state index contributed by atoms with van der Waals surface area (Å²) in [6.07, 6.45) is -3.23. The quantitative estimate of drug-likeness (QED) is 0.570. The number of fused-ring (bicyclic) bond motifs is 1. The molecule has 0 bridgehead atoms. The van der Waals surface area contributed by atoms with Crippen molar-refractivity contribution in [2.45, 2.75) is 19.3 Å². The molecule has 1 atom stereocenters. The van der Waals surface area contributed by atoms with Gasteiger partial charge in [0.1, 0.15) is 11.4 Å². The molecular weight excluding hydrogens is 494 g/mol. The minimum absolute atomic E-state index is 0. The van der Waals surface area contributed by atoms with Crippen molar-refractivity contribution in [3.05, 3.63) is 38.7 Å². The number of benzene rings is 1. The lowest BCUT2D eigenvalue weighted by atomic mass is 10.1. The van der Waals surface area contributed by atoms with Gasteiger partial charge in [0, 0.05) is 12.2 Å². The number of aromatic nitrogens is 2. The number of carbonyl (C=O) groups excluding carboxylic acids is 1. The molecule has 0 fully saturated rings. The van der Waals surface area contributed by atoms with Crippen molar-refractivity contribution in [3.63, 3.8) is 0 Å². The van der Waals surface area contributed by atoms with Gasteiger partial charge in [0.05, 0.1) is 20.8 Å². The predicted octanol–water partition coefficient (Wildman–Crippen LogP) is 4.37. The molecular formula is C14H12ClF3IN3O2S. The van der Waals surface area contributed by atoms with Crippen LogP contribution in [0, 0.1) is 3.57 Å². The van der Waals surface area contributed by atoms with E-state index >= 15 is 0 Å². The highest BCUT2D eigenvalue weighted by molar-refractivity contribution is 14.1. The first kappa shape index (κ1) is 20.2. The van der Waals surface area contributed by atoms with Crippen LogP contribution in [0.5, 0.6) is 5.75 Å². The fourth-order valence-electron chi connectivity index (χ4n) is 2.52. The molecule has 2 aromatic rings. The van der Waals surface area contributed by atoms with Gasteiger partial charge in [-0.2, -0.15) is 18.6 Å². The molecule has 0 radical (unpaired) electrons. The number of hydrogen-bond donors (Lipinski definition) is 0. The van der Waals surface area contributed by atoms with E-state index in [1.54, 1.807) is 10.9 Å². The zero-order valence-corrected chi connectivity index (χ0v) is 16.6. The van der Waals surface area contributed by atoms with E-state index in [0.29, 0.717) is 21.5 Å². The van der Waals surface area contributed by atoms with E-state index in [2.05, 4.69) is 9.84 Å². The van der Waals surface area contributed by atoms with Crippen molar-refractivity contribution in [1.29, 1.82) is 0 Å². The lowest BCUT2D eigenvalue weighted by molar-refractivity contribution is -0.274. The zero-order valence-electron chi connectivity index (χ0n) is 12.6. The second-order valence-electron chi connectivity index (χ2n) is 5.21. The molecule has 0 N–H and O–H groups in total. The molecule has 5 nitrogen and oxygen atoms in total. The number of nitrogens with zero attached hydrogens (tertiary/aromatic N) is 3. The number of hydrogen-bond acceptors (Lipinski definition) is 3. The molecule has 1 aliphatic heterocycles.